The lowest BCUT2D eigenvalue weighted by Crippen LogP contribution is -2.14. The molecule has 21 heavy (non-hydrogen) atoms. The number of rotatable bonds is 4. The van der Waals surface area contributed by atoms with Gasteiger partial charge in [0.25, 0.3) is 5.92 Å². The van der Waals surface area contributed by atoms with E-state index in [1.54, 1.807) is 24.3 Å². The number of ether oxygens (including phenoxy) is 1. The molecule has 0 aliphatic rings. The second-order valence-electron chi connectivity index (χ2n) is 4.84. The number of hydrogen-bond acceptors (Lipinski definition) is 3. The second-order valence-corrected chi connectivity index (χ2v) is 4.84. The minimum atomic E-state index is -3.19. The molecule has 0 aliphatic heterocycles. The number of ketones is 1. The molecule has 2 rings (SSSR count). The summed E-state index contributed by atoms with van der Waals surface area (Å²) >= 11 is 0. The number of nitrogens with zero attached hydrogens (tertiary/aromatic N) is 2. The number of aryl methyl sites for hydroxylation is 1. The van der Waals surface area contributed by atoms with Crippen LogP contribution in [-0.2, 0) is 13.0 Å². The molecular weight excluding hydrogens is 278 g/mol. The molecule has 0 fully saturated rings. The molecule has 0 amide bonds. The van der Waals surface area contributed by atoms with Crippen LogP contribution in [0.15, 0.2) is 24.3 Å². The van der Waals surface area contributed by atoms with Gasteiger partial charge in [-0.25, -0.2) is 8.78 Å². The van der Waals surface area contributed by atoms with Crippen LogP contribution >= 0.6 is 0 Å². The summed E-state index contributed by atoms with van der Waals surface area (Å²) in [6.45, 7) is 2.01. The van der Waals surface area contributed by atoms with Crippen molar-refractivity contribution in [3.63, 3.8) is 0 Å². The average molecular weight is 294 g/mol. The summed E-state index contributed by atoms with van der Waals surface area (Å²) < 4.78 is 34.4. The predicted molar refractivity (Wildman–Crippen MR) is 74.8 cm³/mol. The third-order valence-electron chi connectivity index (χ3n) is 3.18. The molecule has 0 atom stereocenters. The number of carbonyl (C=O) groups excluding carboxylic acids is 1. The predicted octanol–water partition coefficient (Wildman–Crippen LogP) is 3.41. The van der Waals surface area contributed by atoms with E-state index in [0.717, 1.165) is 6.92 Å². The zero-order valence-corrected chi connectivity index (χ0v) is 12.3. The lowest BCUT2D eigenvalue weighted by atomic mass is 9.99. The van der Waals surface area contributed by atoms with E-state index in [2.05, 4.69) is 5.10 Å². The van der Waals surface area contributed by atoms with Crippen LogP contribution in [-0.4, -0.2) is 22.7 Å². The molecule has 1 aromatic heterocycles. The number of alkyl halides is 2. The van der Waals surface area contributed by atoms with Gasteiger partial charge in [0.05, 0.1) is 12.7 Å². The largest absolute Gasteiger partial charge is 0.496 e. The first-order valence-electron chi connectivity index (χ1n) is 6.37. The fourth-order valence-electron chi connectivity index (χ4n) is 2.37. The van der Waals surface area contributed by atoms with Gasteiger partial charge in [-0.1, -0.05) is 12.1 Å². The zero-order valence-electron chi connectivity index (χ0n) is 12.3. The van der Waals surface area contributed by atoms with Crippen LogP contribution in [0.4, 0.5) is 8.78 Å². The van der Waals surface area contributed by atoms with E-state index < -0.39 is 11.7 Å². The van der Waals surface area contributed by atoms with Gasteiger partial charge in [-0.05, 0) is 12.1 Å². The Morgan fingerprint density at radius 2 is 1.95 bits per heavy atom. The Kier molecular flexibility index (Phi) is 3.80. The standard InChI is InChI=1S/C15H16F2N2O2/c1-9(20)14-12(15(2,16)17)13(18-19(14)3)10-7-5-6-8-11(10)21-4/h5-8H,1-4H3. The van der Waals surface area contributed by atoms with Gasteiger partial charge in [0.15, 0.2) is 5.78 Å². The molecular formula is C15H16F2N2O2. The van der Waals surface area contributed by atoms with Crippen LogP contribution in [0.25, 0.3) is 11.3 Å². The zero-order chi connectivity index (χ0) is 15.8. The molecule has 2 aromatic rings. The Morgan fingerprint density at radius 3 is 2.48 bits per heavy atom. The maximum absolute atomic E-state index is 14.0. The van der Waals surface area contributed by atoms with Crippen molar-refractivity contribution >= 4 is 5.78 Å². The Morgan fingerprint density at radius 1 is 1.33 bits per heavy atom. The van der Waals surface area contributed by atoms with Crippen LogP contribution in [0, 0.1) is 0 Å². The normalized spacial score (nSPS) is 11.5. The fraction of sp³-hybridized carbons (Fsp3) is 0.333. The van der Waals surface area contributed by atoms with Crippen molar-refractivity contribution in [1.82, 2.24) is 9.78 Å². The van der Waals surface area contributed by atoms with Gasteiger partial charge in [0, 0.05) is 26.5 Å². The Bertz CT molecular complexity index is 687. The number of para-hydroxylation sites is 1. The summed E-state index contributed by atoms with van der Waals surface area (Å²) in [5.74, 6) is -3.22. The highest BCUT2D eigenvalue weighted by molar-refractivity contribution is 5.96. The smallest absolute Gasteiger partial charge is 0.274 e. The van der Waals surface area contributed by atoms with Crippen molar-refractivity contribution in [2.75, 3.05) is 7.11 Å². The highest BCUT2D eigenvalue weighted by Crippen LogP contribution is 2.40. The minimum absolute atomic E-state index is 0.0626. The van der Waals surface area contributed by atoms with Crippen LogP contribution in [0.5, 0.6) is 5.75 Å². The number of halogens is 2. The van der Waals surface area contributed by atoms with E-state index in [0.29, 0.717) is 11.3 Å². The summed E-state index contributed by atoms with van der Waals surface area (Å²) in [5.41, 5.74) is 0.0256. The quantitative estimate of drug-likeness (QED) is 0.812. The molecule has 0 N–H and O–H groups in total. The van der Waals surface area contributed by atoms with Crippen molar-refractivity contribution in [2.45, 2.75) is 19.8 Å². The van der Waals surface area contributed by atoms with Gasteiger partial charge in [-0.3, -0.25) is 9.48 Å². The molecule has 0 saturated heterocycles. The molecule has 1 aromatic carbocycles. The molecule has 0 radical (unpaired) electrons. The summed E-state index contributed by atoms with van der Waals surface area (Å²) in [7, 11) is 2.93. The first kappa shape index (κ1) is 15.2. The number of hydrogen-bond donors (Lipinski definition) is 0. The van der Waals surface area contributed by atoms with E-state index in [1.165, 1.54) is 25.8 Å². The number of Topliss-reactive ketones (excluding diaryl/α,β-unsaturated/α-hetero) is 1. The SMILES string of the molecule is COc1ccccc1-c1nn(C)c(C(C)=O)c1C(C)(F)F. The summed E-state index contributed by atoms with van der Waals surface area (Å²) in [6, 6.07) is 6.74. The van der Waals surface area contributed by atoms with Gasteiger partial charge in [-0.2, -0.15) is 5.10 Å². The number of aromatic nitrogens is 2. The maximum atomic E-state index is 14.0. The molecule has 6 heteroatoms. The molecule has 1 heterocycles. The van der Waals surface area contributed by atoms with Crippen molar-refractivity contribution in [1.29, 1.82) is 0 Å². The van der Waals surface area contributed by atoms with E-state index >= 15 is 0 Å². The van der Waals surface area contributed by atoms with Crippen molar-refractivity contribution in [2.24, 2.45) is 7.05 Å². The summed E-state index contributed by atoms with van der Waals surface area (Å²) in [5, 5.41) is 4.11. The van der Waals surface area contributed by atoms with E-state index in [1.807, 2.05) is 0 Å². The molecule has 112 valence electrons. The molecule has 0 spiro atoms. The molecule has 0 unspecified atom stereocenters. The van der Waals surface area contributed by atoms with Crippen LogP contribution in [0.3, 0.4) is 0 Å². The van der Waals surface area contributed by atoms with Gasteiger partial charge < -0.3 is 4.74 Å². The Labute approximate surface area is 121 Å². The average Bonchev–Trinajstić information content (AvgIpc) is 2.76. The number of carbonyl (C=O) groups is 1. The first-order valence-corrected chi connectivity index (χ1v) is 6.37. The number of methoxy groups -OCH3 is 1. The van der Waals surface area contributed by atoms with Gasteiger partial charge in [0.2, 0.25) is 0 Å². The topological polar surface area (TPSA) is 44.1 Å². The number of benzene rings is 1. The molecule has 0 saturated carbocycles. The van der Waals surface area contributed by atoms with Crippen LogP contribution in [0.1, 0.15) is 29.9 Å². The summed E-state index contributed by atoms with van der Waals surface area (Å²) in [4.78, 5) is 11.7. The first-order chi connectivity index (χ1) is 9.77. The third-order valence-corrected chi connectivity index (χ3v) is 3.18. The minimum Gasteiger partial charge on any atom is -0.496 e. The van der Waals surface area contributed by atoms with Crippen LogP contribution < -0.4 is 4.74 Å². The molecule has 0 aliphatic carbocycles. The van der Waals surface area contributed by atoms with E-state index in [9.17, 15) is 13.6 Å². The van der Waals surface area contributed by atoms with Gasteiger partial charge in [-0.15, -0.1) is 0 Å². The Hall–Kier alpha value is -2.24. The van der Waals surface area contributed by atoms with Gasteiger partial charge >= 0.3 is 0 Å². The lowest BCUT2D eigenvalue weighted by Gasteiger charge is -2.14. The highest BCUT2D eigenvalue weighted by Gasteiger charge is 2.37. The maximum Gasteiger partial charge on any atom is 0.274 e. The Balaban J connectivity index is 2.81. The lowest BCUT2D eigenvalue weighted by molar-refractivity contribution is 0.0169. The van der Waals surface area contributed by atoms with Crippen LogP contribution in [0.2, 0.25) is 0 Å². The molecule has 4 nitrogen and oxygen atoms in total. The van der Waals surface area contributed by atoms with E-state index in [-0.39, 0.29) is 17.0 Å². The highest BCUT2D eigenvalue weighted by atomic mass is 19.3. The van der Waals surface area contributed by atoms with Gasteiger partial charge in [0.1, 0.15) is 17.1 Å². The van der Waals surface area contributed by atoms with Crippen molar-refractivity contribution < 1.29 is 18.3 Å². The van der Waals surface area contributed by atoms with Crippen molar-refractivity contribution in [3.05, 3.63) is 35.5 Å². The summed E-state index contributed by atoms with van der Waals surface area (Å²) in [6.07, 6.45) is 0. The fourth-order valence-corrected chi connectivity index (χ4v) is 2.37. The molecule has 0 bridgehead atoms. The second kappa shape index (κ2) is 5.27. The monoisotopic (exact) mass is 294 g/mol. The van der Waals surface area contributed by atoms with E-state index in [4.69, 9.17) is 4.74 Å². The van der Waals surface area contributed by atoms with Crippen molar-refractivity contribution in [3.8, 4) is 17.0 Å². The third kappa shape index (κ3) is 2.66.